The number of carbonyl (C=O) groups excluding carboxylic acids is 1. The van der Waals surface area contributed by atoms with Crippen LogP contribution in [-0.4, -0.2) is 17.4 Å². The van der Waals surface area contributed by atoms with Crippen molar-refractivity contribution in [2.45, 2.75) is 40.5 Å². The van der Waals surface area contributed by atoms with Crippen LogP contribution in [-0.2, 0) is 11.2 Å². The number of nitrogens with zero attached hydrogens (tertiary/aromatic N) is 1. The molecule has 0 atom stereocenters. The molecule has 23 heavy (non-hydrogen) atoms. The van der Waals surface area contributed by atoms with E-state index in [4.69, 9.17) is 0 Å². The lowest BCUT2D eigenvalue weighted by molar-refractivity contribution is -0.122. The molecule has 2 aromatic rings. The van der Waals surface area contributed by atoms with Gasteiger partial charge in [0.05, 0.1) is 5.69 Å². The number of carbonyl (C=O) groups is 1. The Morgan fingerprint density at radius 1 is 1.35 bits per heavy atom. The van der Waals surface area contributed by atoms with E-state index >= 15 is 0 Å². The van der Waals surface area contributed by atoms with Gasteiger partial charge in [-0.2, -0.15) is 0 Å². The average Bonchev–Trinajstić information content (AvgIpc) is 2.78. The molecule has 1 aromatic carbocycles. The number of aryl methyl sites for hydroxylation is 1. The van der Waals surface area contributed by atoms with Crippen molar-refractivity contribution in [1.82, 2.24) is 10.3 Å². The fraction of sp³-hybridized carbons (Fsp3) is 0.444. The molecule has 3 nitrogen and oxygen atoms in total. The molecule has 0 spiro atoms. The lowest BCUT2D eigenvalue weighted by atomic mass is 9.92. The van der Waals surface area contributed by atoms with E-state index in [1.165, 1.54) is 12.1 Å². The van der Waals surface area contributed by atoms with Crippen LogP contribution in [0.1, 0.15) is 37.8 Å². The van der Waals surface area contributed by atoms with Crippen LogP contribution in [0.4, 0.5) is 4.39 Å². The molecule has 2 rings (SSSR count). The summed E-state index contributed by atoms with van der Waals surface area (Å²) < 4.78 is 13.3. The summed E-state index contributed by atoms with van der Waals surface area (Å²) >= 11 is 1.56. The van der Waals surface area contributed by atoms with Crippen molar-refractivity contribution in [3.8, 4) is 10.6 Å². The number of rotatable bonds is 5. The predicted octanol–water partition coefficient (Wildman–Crippen LogP) is 4.35. The van der Waals surface area contributed by atoms with E-state index in [9.17, 15) is 9.18 Å². The molecule has 1 amide bonds. The number of hydrogen-bond donors (Lipinski definition) is 1. The number of benzene rings is 1. The van der Waals surface area contributed by atoms with Gasteiger partial charge < -0.3 is 5.32 Å². The van der Waals surface area contributed by atoms with Gasteiger partial charge in [-0.3, -0.25) is 4.79 Å². The molecule has 0 bridgehead atoms. The van der Waals surface area contributed by atoms with Crippen molar-refractivity contribution in [3.63, 3.8) is 0 Å². The van der Waals surface area contributed by atoms with Gasteiger partial charge in [-0.15, -0.1) is 11.3 Å². The Kier molecular flexibility index (Phi) is 5.52. The first kappa shape index (κ1) is 17.6. The minimum absolute atomic E-state index is 0.00492. The highest BCUT2D eigenvalue weighted by molar-refractivity contribution is 7.15. The van der Waals surface area contributed by atoms with Crippen molar-refractivity contribution in [1.29, 1.82) is 0 Å². The molecule has 0 unspecified atom stereocenters. The van der Waals surface area contributed by atoms with Gasteiger partial charge in [0.25, 0.3) is 0 Å². The molecule has 0 saturated heterocycles. The Bertz CT molecular complexity index is 689. The predicted molar refractivity (Wildman–Crippen MR) is 93.0 cm³/mol. The SMILES string of the molecule is Cc1nc(-c2cccc(F)c2)sc1CCNC(=O)CC(C)(C)C. The second-order valence-electron chi connectivity index (χ2n) is 6.88. The van der Waals surface area contributed by atoms with Crippen LogP contribution in [0.3, 0.4) is 0 Å². The zero-order chi connectivity index (χ0) is 17.0. The van der Waals surface area contributed by atoms with Crippen LogP contribution in [0, 0.1) is 18.2 Å². The Balaban J connectivity index is 1.96. The summed E-state index contributed by atoms with van der Waals surface area (Å²) in [5.41, 5.74) is 1.73. The van der Waals surface area contributed by atoms with Gasteiger partial charge in [-0.05, 0) is 24.5 Å². The maximum atomic E-state index is 13.3. The molecule has 5 heteroatoms. The summed E-state index contributed by atoms with van der Waals surface area (Å²) in [6.07, 6.45) is 1.26. The maximum Gasteiger partial charge on any atom is 0.220 e. The zero-order valence-electron chi connectivity index (χ0n) is 14.1. The molecule has 0 saturated carbocycles. The normalized spacial score (nSPS) is 11.5. The summed E-state index contributed by atoms with van der Waals surface area (Å²) in [5.74, 6) is -0.184. The summed E-state index contributed by atoms with van der Waals surface area (Å²) in [5, 5.41) is 3.77. The molecule has 0 aliphatic heterocycles. The quantitative estimate of drug-likeness (QED) is 0.883. The van der Waals surface area contributed by atoms with Crippen molar-refractivity contribution in [3.05, 3.63) is 40.7 Å². The minimum atomic E-state index is -0.258. The number of halogens is 1. The van der Waals surface area contributed by atoms with Gasteiger partial charge in [0, 0.05) is 29.8 Å². The molecule has 0 aliphatic carbocycles. The molecule has 124 valence electrons. The maximum absolute atomic E-state index is 13.3. The van der Waals surface area contributed by atoms with E-state index < -0.39 is 0 Å². The van der Waals surface area contributed by atoms with Crippen molar-refractivity contribution in [2.75, 3.05) is 6.54 Å². The van der Waals surface area contributed by atoms with Crippen LogP contribution in [0.5, 0.6) is 0 Å². The number of aromatic nitrogens is 1. The van der Waals surface area contributed by atoms with E-state index in [1.807, 2.05) is 33.8 Å². The first-order chi connectivity index (χ1) is 10.7. The highest BCUT2D eigenvalue weighted by Gasteiger charge is 2.16. The monoisotopic (exact) mass is 334 g/mol. The highest BCUT2D eigenvalue weighted by atomic mass is 32.1. The lowest BCUT2D eigenvalue weighted by Gasteiger charge is -2.17. The van der Waals surface area contributed by atoms with Gasteiger partial charge in [0.1, 0.15) is 10.8 Å². The Morgan fingerprint density at radius 3 is 2.74 bits per heavy atom. The molecular formula is C18H23FN2OS. The third kappa shape index (κ3) is 5.43. The first-order valence-electron chi connectivity index (χ1n) is 7.73. The molecule has 1 aromatic heterocycles. The smallest absolute Gasteiger partial charge is 0.220 e. The third-order valence-corrected chi connectivity index (χ3v) is 4.60. The summed E-state index contributed by atoms with van der Waals surface area (Å²) in [4.78, 5) is 17.5. The fourth-order valence-electron chi connectivity index (χ4n) is 2.26. The number of thiazole rings is 1. The molecular weight excluding hydrogens is 311 g/mol. The number of hydrogen-bond acceptors (Lipinski definition) is 3. The first-order valence-corrected chi connectivity index (χ1v) is 8.55. The molecule has 1 heterocycles. The Morgan fingerprint density at radius 2 is 2.09 bits per heavy atom. The Hall–Kier alpha value is -1.75. The minimum Gasteiger partial charge on any atom is -0.356 e. The second kappa shape index (κ2) is 7.21. The Labute approximate surface area is 141 Å². The zero-order valence-corrected chi connectivity index (χ0v) is 14.9. The third-order valence-electron chi connectivity index (χ3n) is 3.33. The average molecular weight is 334 g/mol. The van der Waals surface area contributed by atoms with Crippen molar-refractivity contribution in [2.24, 2.45) is 5.41 Å². The van der Waals surface area contributed by atoms with Crippen LogP contribution < -0.4 is 5.32 Å². The number of nitrogens with one attached hydrogen (secondary N) is 1. The standard InChI is InChI=1S/C18H23FN2OS/c1-12-15(8-9-20-16(22)11-18(2,3)4)23-17(21-12)13-6-5-7-14(19)10-13/h5-7,10H,8-9,11H2,1-4H3,(H,20,22). The van der Waals surface area contributed by atoms with Gasteiger partial charge in [-0.1, -0.05) is 32.9 Å². The van der Waals surface area contributed by atoms with Gasteiger partial charge in [0.2, 0.25) is 5.91 Å². The summed E-state index contributed by atoms with van der Waals surface area (Å²) in [7, 11) is 0. The molecule has 0 fully saturated rings. The van der Waals surface area contributed by atoms with E-state index in [0.717, 1.165) is 27.6 Å². The second-order valence-corrected chi connectivity index (χ2v) is 7.96. The van der Waals surface area contributed by atoms with E-state index in [0.29, 0.717) is 13.0 Å². The molecule has 0 aliphatic rings. The van der Waals surface area contributed by atoms with Gasteiger partial charge in [-0.25, -0.2) is 9.37 Å². The number of amides is 1. The van der Waals surface area contributed by atoms with E-state index in [1.54, 1.807) is 17.4 Å². The van der Waals surface area contributed by atoms with E-state index in [2.05, 4.69) is 10.3 Å². The van der Waals surface area contributed by atoms with E-state index in [-0.39, 0.29) is 17.1 Å². The molecule has 1 N–H and O–H groups in total. The lowest BCUT2D eigenvalue weighted by Crippen LogP contribution is -2.29. The van der Waals surface area contributed by atoms with Crippen LogP contribution in [0.15, 0.2) is 24.3 Å². The fourth-order valence-corrected chi connectivity index (χ4v) is 3.32. The topological polar surface area (TPSA) is 42.0 Å². The molecule has 0 radical (unpaired) electrons. The van der Waals surface area contributed by atoms with Crippen molar-refractivity contribution < 1.29 is 9.18 Å². The highest BCUT2D eigenvalue weighted by Crippen LogP contribution is 2.28. The summed E-state index contributed by atoms with van der Waals surface area (Å²) in [6, 6.07) is 6.47. The van der Waals surface area contributed by atoms with Crippen molar-refractivity contribution >= 4 is 17.2 Å². The van der Waals surface area contributed by atoms with Crippen LogP contribution in [0.25, 0.3) is 10.6 Å². The summed E-state index contributed by atoms with van der Waals surface area (Å²) in [6.45, 7) is 8.69. The van der Waals surface area contributed by atoms with Crippen LogP contribution >= 0.6 is 11.3 Å². The van der Waals surface area contributed by atoms with Gasteiger partial charge >= 0.3 is 0 Å². The van der Waals surface area contributed by atoms with Crippen LogP contribution in [0.2, 0.25) is 0 Å². The largest absolute Gasteiger partial charge is 0.356 e. The van der Waals surface area contributed by atoms with Gasteiger partial charge in [0.15, 0.2) is 0 Å².